The van der Waals surface area contributed by atoms with Crippen LogP contribution in [0, 0.1) is 11.8 Å². The molecular formula is C24H28N2O6. The minimum absolute atomic E-state index is 0.0162. The predicted octanol–water partition coefficient (Wildman–Crippen LogP) is 2.33. The van der Waals surface area contributed by atoms with Gasteiger partial charge in [-0.25, -0.2) is 0 Å². The molecule has 1 aliphatic carbocycles. The van der Waals surface area contributed by atoms with Crippen LogP contribution in [0.5, 0.6) is 5.75 Å². The van der Waals surface area contributed by atoms with Crippen molar-refractivity contribution in [2.75, 3.05) is 26.8 Å². The van der Waals surface area contributed by atoms with Gasteiger partial charge in [0.1, 0.15) is 11.2 Å². The molecule has 5 atom stereocenters. The molecule has 32 heavy (non-hydrogen) atoms. The topological polar surface area (TPSA) is 97.9 Å². The number of carbonyl (C=O) groups is 3. The van der Waals surface area contributed by atoms with E-state index in [-0.39, 0.29) is 23.9 Å². The third-order valence-corrected chi connectivity index (χ3v) is 7.54. The molecule has 3 fully saturated rings. The molecule has 2 saturated heterocycles. The molecule has 5 unspecified atom stereocenters. The monoisotopic (exact) mass is 440 g/mol. The van der Waals surface area contributed by atoms with Gasteiger partial charge in [-0.05, 0) is 61.3 Å². The summed E-state index contributed by atoms with van der Waals surface area (Å²) in [5.74, 6) is 0.520. The maximum Gasteiger partial charge on any atom is 0.319 e. The Balaban J connectivity index is 1.65. The van der Waals surface area contributed by atoms with Gasteiger partial charge in [0.15, 0.2) is 0 Å². The molecule has 170 valence electrons. The number of carbonyl (C=O) groups excluding carboxylic acids is 3. The summed E-state index contributed by atoms with van der Waals surface area (Å²) in [6, 6.07) is 5.54. The molecule has 8 nitrogen and oxygen atoms in total. The Kier molecular flexibility index (Phi) is 5.20. The van der Waals surface area contributed by atoms with Gasteiger partial charge < -0.3 is 19.2 Å². The number of piperidine rings is 2. The van der Waals surface area contributed by atoms with Crippen LogP contribution < -0.4 is 4.74 Å². The highest BCUT2D eigenvalue weighted by Gasteiger charge is 2.62. The Morgan fingerprint density at radius 3 is 2.94 bits per heavy atom. The lowest BCUT2D eigenvalue weighted by Gasteiger charge is -2.57. The highest BCUT2D eigenvalue weighted by molar-refractivity contribution is 5.92. The molecule has 0 spiro atoms. The molecule has 4 heterocycles. The van der Waals surface area contributed by atoms with E-state index in [1.165, 1.54) is 14.0 Å². The molecular weight excluding hydrogens is 412 g/mol. The van der Waals surface area contributed by atoms with E-state index in [4.69, 9.17) is 14.2 Å². The van der Waals surface area contributed by atoms with Gasteiger partial charge in [-0.1, -0.05) is 0 Å². The number of aromatic nitrogens is 1. The molecule has 2 aromatic rings. The number of fused-ring (bicyclic) bond motifs is 4. The van der Waals surface area contributed by atoms with Crippen LogP contribution in [0.1, 0.15) is 37.4 Å². The second-order valence-electron chi connectivity index (χ2n) is 9.25. The average Bonchev–Trinajstić information content (AvgIpc) is 3.10. The second-order valence-corrected chi connectivity index (χ2v) is 9.25. The van der Waals surface area contributed by atoms with Gasteiger partial charge in [0.2, 0.25) is 0 Å². The number of hydrogen-bond donors (Lipinski definition) is 1. The standard InChI is InChI=1S/C24H28N2O6/c1-14(28)32-17-3-4-20-19(10-17)18-5-7-26-12-15-9-16(6-8-31-13-27)22(26)24(11-15,21(18)25-20)23(29)30-2/h3-4,10,13,15-16,22,25H,5-9,11-12H2,1-2H3. The largest absolute Gasteiger partial charge is 0.468 e. The van der Waals surface area contributed by atoms with Gasteiger partial charge in [-0.2, -0.15) is 0 Å². The van der Waals surface area contributed by atoms with E-state index in [2.05, 4.69) is 9.88 Å². The van der Waals surface area contributed by atoms with E-state index in [0.29, 0.717) is 24.7 Å². The number of benzene rings is 1. The summed E-state index contributed by atoms with van der Waals surface area (Å²) in [6.07, 6.45) is 3.27. The summed E-state index contributed by atoms with van der Waals surface area (Å²) in [5, 5.41) is 0.979. The number of hydrogen-bond acceptors (Lipinski definition) is 7. The third kappa shape index (κ3) is 3.11. The number of methoxy groups -OCH3 is 1. The van der Waals surface area contributed by atoms with E-state index in [1.807, 2.05) is 12.1 Å². The molecule has 1 N–H and O–H groups in total. The zero-order chi connectivity index (χ0) is 22.5. The Bertz CT molecular complexity index is 1080. The summed E-state index contributed by atoms with van der Waals surface area (Å²) < 4.78 is 15.8. The summed E-state index contributed by atoms with van der Waals surface area (Å²) in [6.45, 7) is 4.03. The van der Waals surface area contributed by atoms with Crippen molar-refractivity contribution in [3.63, 3.8) is 0 Å². The smallest absolute Gasteiger partial charge is 0.319 e. The molecule has 3 aliphatic heterocycles. The van der Waals surface area contributed by atoms with Crippen molar-refractivity contribution >= 4 is 29.3 Å². The molecule has 0 radical (unpaired) electrons. The van der Waals surface area contributed by atoms with Crippen LogP contribution in [0.4, 0.5) is 0 Å². The van der Waals surface area contributed by atoms with Crippen LogP contribution in [0.25, 0.3) is 10.9 Å². The molecule has 4 aliphatic rings. The predicted molar refractivity (Wildman–Crippen MR) is 115 cm³/mol. The maximum absolute atomic E-state index is 13.5. The SMILES string of the molecule is COC(=O)C12CC3CC(CCOC=O)C1N(CCc1c2[nH]c2ccc(OC(C)=O)cc12)C3. The number of ether oxygens (including phenoxy) is 3. The minimum atomic E-state index is -0.797. The lowest BCUT2D eigenvalue weighted by atomic mass is 9.56. The van der Waals surface area contributed by atoms with Gasteiger partial charge >= 0.3 is 11.9 Å². The fourth-order valence-corrected chi connectivity index (χ4v) is 6.68. The fourth-order valence-electron chi connectivity index (χ4n) is 6.68. The Labute approximate surface area is 186 Å². The first-order chi connectivity index (χ1) is 15.5. The second kappa shape index (κ2) is 7.92. The minimum Gasteiger partial charge on any atom is -0.468 e. The molecule has 1 aromatic carbocycles. The van der Waals surface area contributed by atoms with Crippen molar-refractivity contribution in [2.24, 2.45) is 11.8 Å². The zero-order valence-electron chi connectivity index (χ0n) is 18.4. The van der Waals surface area contributed by atoms with Crippen molar-refractivity contribution in [3.8, 4) is 5.75 Å². The molecule has 1 aromatic heterocycles. The highest BCUT2D eigenvalue weighted by Crippen LogP contribution is 2.55. The summed E-state index contributed by atoms with van der Waals surface area (Å²) in [5.41, 5.74) is 2.15. The lowest BCUT2D eigenvalue weighted by molar-refractivity contribution is -0.163. The number of rotatable bonds is 6. The van der Waals surface area contributed by atoms with Gasteiger partial charge in [-0.3, -0.25) is 19.3 Å². The maximum atomic E-state index is 13.5. The molecule has 0 amide bonds. The van der Waals surface area contributed by atoms with Gasteiger partial charge in [0, 0.05) is 42.7 Å². The first-order valence-electron chi connectivity index (χ1n) is 11.2. The summed E-state index contributed by atoms with van der Waals surface area (Å²) in [4.78, 5) is 41.7. The Morgan fingerprint density at radius 1 is 1.34 bits per heavy atom. The van der Waals surface area contributed by atoms with Crippen LogP contribution in [-0.4, -0.2) is 61.1 Å². The van der Waals surface area contributed by atoms with Gasteiger partial charge in [-0.15, -0.1) is 0 Å². The molecule has 4 bridgehead atoms. The lowest BCUT2D eigenvalue weighted by Crippen LogP contribution is -2.67. The van der Waals surface area contributed by atoms with Crippen molar-refractivity contribution in [2.45, 2.75) is 44.1 Å². The summed E-state index contributed by atoms with van der Waals surface area (Å²) in [7, 11) is 1.46. The zero-order valence-corrected chi connectivity index (χ0v) is 18.4. The van der Waals surface area contributed by atoms with Crippen LogP contribution in [-0.2, 0) is 35.7 Å². The molecule has 1 saturated carbocycles. The van der Waals surface area contributed by atoms with Crippen LogP contribution in [0.15, 0.2) is 18.2 Å². The highest BCUT2D eigenvalue weighted by atomic mass is 16.5. The molecule has 8 heteroatoms. The van der Waals surface area contributed by atoms with Gasteiger partial charge in [0.05, 0.1) is 13.7 Å². The molecule has 6 rings (SSSR count). The van der Waals surface area contributed by atoms with Crippen LogP contribution >= 0.6 is 0 Å². The van der Waals surface area contributed by atoms with Crippen LogP contribution in [0.2, 0.25) is 0 Å². The van der Waals surface area contributed by atoms with E-state index in [9.17, 15) is 14.4 Å². The summed E-state index contributed by atoms with van der Waals surface area (Å²) >= 11 is 0. The van der Waals surface area contributed by atoms with Crippen LogP contribution in [0.3, 0.4) is 0 Å². The number of esters is 2. The number of nitrogens with zero attached hydrogens (tertiary/aromatic N) is 1. The first-order valence-corrected chi connectivity index (χ1v) is 11.2. The first kappa shape index (κ1) is 21.0. The van der Waals surface area contributed by atoms with Crippen molar-refractivity contribution in [1.82, 2.24) is 9.88 Å². The normalized spacial score (nSPS) is 30.3. The van der Waals surface area contributed by atoms with Gasteiger partial charge in [0.25, 0.3) is 6.47 Å². The van der Waals surface area contributed by atoms with Crippen molar-refractivity contribution in [1.29, 1.82) is 0 Å². The average molecular weight is 440 g/mol. The number of H-pyrrole nitrogens is 1. The van der Waals surface area contributed by atoms with E-state index in [1.54, 1.807) is 6.07 Å². The number of aromatic amines is 1. The Morgan fingerprint density at radius 2 is 2.19 bits per heavy atom. The Hall–Kier alpha value is -2.87. The van der Waals surface area contributed by atoms with Crippen molar-refractivity contribution < 1.29 is 28.6 Å². The van der Waals surface area contributed by atoms with E-state index < -0.39 is 5.41 Å². The third-order valence-electron chi connectivity index (χ3n) is 7.54. The van der Waals surface area contributed by atoms with E-state index >= 15 is 0 Å². The number of nitrogens with one attached hydrogen (secondary N) is 1. The fraction of sp³-hybridized carbons (Fsp3) is 0.542. The quantitative estimate of drug-likeness (QED) is 0.319. The van der Waals surface area contributed by atoms with E-state index in [0.717, 1.165) is 60.9 Å². The van der Waals surface area contributed by atoms with Crippen molar-refractivity contribution in [3.05, 3.63) is 29.5 Å².